The molecule has 0 unspecified atom stereocenters. The minimum absolute atomic E-state index is 0.0714. The molecule has 0 aliphatic carbocycles. The predicted octanol–water partition coefficient (Wildman–Crippen LogP) is 3.88. The van der Waals surface area contributed by atoms with Crippen LogP contribution in [0.2, 0.25) is 0 Å². The Morgan fingerprint density at radius 3 is 2.55 bits per heavy atom. The maximum atomic E-state index is 11.9. The van der Waals surface area contributed by atoms with Crippen LogP contribution in [0.15, 0.2) is 24.3 Å². The molecule has 0 radical (unpaired) electrons. The van der Waals surface area contributed by atoms with Crippen molar-refractivity contribution in [1.29, 1.82) is 0 Å². The molecule has 0 aliphatic rings. The van der Waals surface area contributed by atoms with Crippen molar-refractivity contribution in [3.63, 3.8) is 0 Å². The quantitative estimate of drug-likeness (QED) is 0.554. The predicted molar refractivity (Wildman–Crippen MR) is 86.3 cm³/mol. The highest BCUT2D eigenvalue weighted by Crippen LogP contribution is 2.17. The van der Waals surface area contributed by atoms with E-state index < -0.39 is 0 Å². The Bertz CT molecular complexity index is 405. The lowest BCUT2D eigenvalue weighted by Crippen LogP contribution is -2.23. The molecule has 0 fully saturated rings. The summed E-state index contributed by atoms with van der Waals surface area (Å²) in [7, 11) is 0. The molecule has 0 heterocycles. The lowest BCUT2D eigenvalue weighted by Gasteiger charge is -2.20. The monoisotopic (exact) mass is 296 g/mol. The molecule has 0 aromatic heterocycles. The molecule has 1 amide bonds. The number of carbonyl (C=O) groups is 1. The van der Waals surface area contributed by atoms with Gasteiger partial charge in [0.05, 0.1) is 0 Å². The SMILES string of the molecule is CCN(CC)Cc1ccccc1NC(=O)CCCCCl. The van der Waals surface area contributed by atoms with Gasteiger partial charge in [0, 0.05) is 24.5 Å². The van der Waals surface area contributed by atoms with Gasteiger partial charge in [0.15, 0.2) is 0 Å². The normalized spacial score (nSPS) is 10.8. The van der Waals surface area contributed by atoms with E-state index in [1.54, 1.807) is 0 Å². The van der Waals surface area contributed by atoms with Gasteiger partial charge in [-0.3, -0.25) is 9.69 Å². The van der Waals surface area contributed by atoms with E-state index in [4.69, 9.17) is 11.6 Å². The molecule has 0 saturated heterocycles. The van der Waals surface area contributed by atoms with Crippen molar-refractivity contribution >= 4 is 23.2 Å². The number of rotatable bonds is 9. The molecular formula is C16H25ClN2O. The third kappa shape index (κ3) is 5.93. The van der Waals surface area contributed by atoms with Crippen LogP contribution in [-0.2, 0) is 11.3 Å². The first-order chi connectivity index (χ1) is 9.71. The molecule has 0 bridgehead atoms. The Balaban J connectivity index is 2.62. The standard InChI is InChI=1S/C16H25ClN2O/c1-3-19(4-2)13-14-9-5-6-10-15(14)18-16(20)11-7-8-12-17/h5-6,9-10H,3-4,7-8,11-13H2,1-2H3,(H,18,20). The molecule has 0 spiro atoms. The van der Waals surface area contributed by atoms with Crippen molar-refractivity contribution in [2.24, 2.45) is 0 Å². The van der Waals surface area contributed by atoms with Crippen LogP contribution in [0, 0.1) is 0 Å². The summed E-state index contributed by atoms with van der Waals surface area (Å²) < 4.78 is 0. The summed E-state index contributed by atoms with van der Waals surface area (Å²) in [5.41, 5.74) is 2.09. The average Bonchev–Trinajstić information content (AvgIpc) is 2.46. The van der Waals surface area contributed by atoms with Crippen molar-refractivity contribution in [3.05, 3.63) is 29.8 Å². The highest BCUT2D eigenvalue weighted by molar-refractivity contribution is 6.17. The molecule has 3 nitrogen and oxygen atoms in total. The van der Waals surface area contributed by atoms with Crippen molar-refractivity contribution < 1.29 is 4.79 Å². The van der Waals surface area contributed by atoms with Crippen molar-refractivity contribution in [2.45, 2.75) is 39.7 Å². The summed E-state index contributed by atoms with van der Waals surface area (Å²) in [6.07, 6.45) is 2.26. The van der Waals surface area contributed by atoms with Gasteiger partial charge in [0.1, 0.15) is 0 Å². The Labute approximate surface area is 127 Å². The lowest BCUT2D eigenvalue weighted by atomic mass is 10.1. The molecule has 0 saturated carbocycles. The van der Waals surface area contributed by atoms with Crippen molar-refractivity contribution in [3.8, 4) is 0 Å². The molecule has 1 aromatic rings. The zero-order valence-corrected chi connectivity index (χ0v) is 13.2. The number of amides is 1. The third-order valence-electron chi connectivity index (χ3n) is 3.37. The van der Waals surface area contributed by atoms with E-state index in [2.05, 4.69) is 30.1 Å². The fourth-order valence-corrected chi connectivity index (χ4v) is 2.25. The van der Waals surface area contributed by atoms with Gasteiger partial charge in [0.25, 0.3) is 0 Å². The summed E-state index contributed by atoms with van der Waals surface area (Å²) in [4.78, 5) is 14.2. The third-order valence-corrected chi connectivity index (χ3v) is 3.63. The molecular weight excluding hydrogens is 272 g/mol. The van der Waals surface area contributed by atoms with Crippen LogP contribution in [0.1, 0.15) is 38.7 Å². The van der Waals surface area contributed by atoms with Gasteiger partial charge in [0.2, 0.25) is 5.91 Å². The molecule has 1 rings (SSSR count). The van der Waals surface area contributed by atoms with E-state index in [1.165, 1.54) is 5.56 Å². The van der Waals surface area contributed by atoms with Gasteiger partial charge in [-0.2, -0.15) is 0 Å². The Morgan fingerprint density at radius 2 is 1.90 bits per heavy atom. The highest BCUT2D eigenvalue weighted by Gasteiger charge is 2.08. The number of hydrogen-bond donors (Lipinski definition) is 1. The number of nitrogens with one attached hydrogen (secondary N) is 1. The van der Waals surface area contributed by atoms with Gasteiger partial charge in [-0.25, -0.2) is 0 Å². The van der Waals surface area contributed by atoms with Gasteiger partial charge < -0.3 is 5.32 Å². The fourth-order valence-electron chi connectivity index (χ4n) is 2.06. The van der Waals surface area contributed by atoms with Crippen LogP contribution in [0.3, 0.4) is 0 Å². The zero-order chi connectivity index (χ0) is 14.8. The summed E-state index contributed by atoms with van der Waals surface area (Å²) in [5, 5.41) is 3.01. The van der Waals surface area contributed by atoms with Gasteiger partial charge in [-0.15, -0.1) is 11.6 Å². The van der Waals surface area contributed by atoms with Crippen LogP contribution in [0.25, 0.3) is 0 Å². The second kappa shape index (κ2) is 9.78. The number of halogens is 1. The summed E-state index contributed by atoms with van der Waals surface area (Å²) in [5.74, 6) is 0.688. The van der Waals surface area contributed by atoms with Gasteiger partial charge >= 0.3 is 0 Å². The van der Waals surface area contributed by atoms with Crippen LogP contribution in [0.5, 0.6) is 0 Å². The summed E-state index contributed by atoms with van der Waals surface area (Å²) >= 11 is 5.62. The highest BCUT2D eigenvalue weighted by atomic mass is 35.5. The molecule has 112 valence electrons. The van der Waals surface area contributed by atoms with E-state index in [9.17, 15) is 4.79 Å². The molecule has 0 atom stereocenters. The number of anilines is 1. The first-order valence-corrected chi connectivity index (χ1v) is 7.90. The second-order valence-electron chi connectivity index (χ2n) is 4.81. The molecule has 1 N–H and O–H groups in total. The fraction of sp³-hybridized carbons (Fsp3) is 0.562. The minimum Gasteiger partial charge on any atom is -0.326 e. The topological polar surface area (TPSA) is 32.3 Å². The van der Waals surface area contributed by atoms with E-state index in [1.807, 2.05) is 18.2 Å². The van der Waals surface area contributed by atoms with Crippen LogP contribution < -0.4 is 5.32 Å². The maximum Gasteiger partial charge on any atom is 0.224 e. The molecule has 0 aliphatic heterocycles. The molecule has 1 aromatic carbocycles. The number of benzene rings is 1. The Hall–Kier alpha value is -1.06. The molecule has 20 heavy (non-hydrogen) atoms. The summed E-state index contributed by atoms with van der Waals surface area (Å²) in [6.45, 7) is 7.18. The number of nitrogens with zero attached hydrogens (tertiary/aromatic N) is 1. The second-order valence-corrected chi connectivity index (χ2v) is 5.19. The Kier molecular flexibility index (Phi) is 8.31. The van der Waals surface area contributed by atoms with E-state index >= 15 is 0 Å². The summed E-state index contributed by atoms with van der Waals surface area (Å²) in [6, 6.07) is 8.02. The number of unbranched alkanes of at least 4 members (excludes halogenated alkanes) is 1. The van der Waals surface area contributed by atoms with Crippen LogP contribution >= 0.6 is 11.6 Å². The number of alkyl halides is 1. The first kappa shape index (κ1) is 17.0. The largest absolute Gasteiger partial charge is 0.326 e. The lowest BCUT2D eigenvalue weighted by molar-refractivity contribution is -0.116. The first-order valence-electron chi connectivity index (χ1n) is 7.37. The Morgan fingerprint density at radius 1 is 1.20 bits per heavy atom. The smallest absolute Gasteiger partial charge is 0.224 e. The number of carbonyl (C=O) groups excluding carboxylic acids is 1. The van der Waals surface area contributed by atoms with E-state index in [-0.39, 0.29) is 5.91 Å². The van der Waals surface area contributed by atoms with Crippen LogP contribution in [-0.4, -0.2) is 29.8 Å². The van der Waals surface area contributed by atoms with E-state index in [0.29, 0.717) is 12.3 Å². The van der Waals surface area contributed by atoms with Crippen molar-refractivity contribution in [2.75, 3.05) is 24.3 Å². The molecule has 4 heteroatoms. The average molecular weight is 297 g/mol. The van der Waals surface area contributed by atoms with E-state index in [0.717, 1.165) is 38.2 Å². The maximum absolute atomic E-state index is 11.9. The van der Waals surface area contributed by atoms with Crippen molar-refractivity contribution in [1.82, 2.24) is 4.90 Å². The minimum atomic E-state index is 0.0714. The number of para-hydroxylation sites is 1. The van der Waals surface area contributed by atoms with Crippen LogP contribution in [0.4, 0.5) is 5.69 Å². The number of hydrogen-bond acceptors (Lipinski definition) is 2. The van der Waals surface area contributed by atoms with Gasteiger partial charge in [-0.05, 0) is 37.6 Å². The zero-order valence-electron chi connectivity index (χ0n) is 12.5. The van der Waals surface area contributed by atoms with Gasteiger partial charge in [-0.1, -0.05) is 32.0 Å².